The Bertz CT molecular complexity index is 769. The third kappa shape index (κ3) is 6.85. The molecule has 0 aliphatic carbocycles. The van der Waals surface area contributed by atoms with Crippen LogP contribution < -0.4 is 4.74 Å². The van der Waals surface area contributed by atoms with Gasteiger partial charge < -0.3 is 54.7 Å². The number of carbonyl (C=O) groups excluding carboxylic acids is 1. The SMILES string of the molecule is COc1ccc(C=CC(=O)OCC2OC(OCC(O)C(O)CO)C(O)C(O)C2O)cc1O. The fourth-order valence-electron chi connectivity index (χ4n) is 2.81. The van der Waals surface area contributed by atoms with E-state index in [4.69, 9.17) is 24.1 Å². The third-order valence-corrected chi connectivity index (χ3v) is 4.74. The highest BCUT2D eigenvalue weighted by Crippen LogP contribution is 2.27. The second-order valence-electron chi connectivity index (χ2n) is 7.06. The minimum absolute atomic E-state index is 0.114. The number of hydrogen-bond donors (Lipinski definition) is 7. The van der Waals surface area contributed by atoms with Gasteiger partial charge in [-0.15, -0.1) is 0 Å². The van der Waals surface area contributed by atoms with E-state index in [0.29, 0.717) is 5.56 Å². The lowest BCUT2D eigenvalue weighted by atomic mass is 9.99. The number of methoxy groups -OCH3 is 1. The second kappa shape index (κ2) is 12.1. The summed E-state index contributed by atoms with van der Waals surface area (Å²) >= 11 is 0. The van der Waals surface area contributed by atoms with Crippen molar-refractivity contribution in [1.82, 2.24) is 0 Å². The summed E-state index contributed by atoms with van der Waals surface area (Å²) in [6.45, 7) is -1.76. The van der Waals surface area contributed by atoms with Gasteiger partial charge in [0.15, 0.2) is 17.8 Å². The van der Waals surface area contributed by atoms with Crippen molar-refractivity contribution in [2.75, 3.05) is 26.9 Å². The van der Waals surface area contributed by atoms with Gasteiger partial charge in [-0.05, 0) is 23.8 Å². The molecule has 0 amide bonds. The fourth-order valence-corrected chi connectivity index (χ4v) is 2.81. The van der Waals surface area contributed by atoms with Crippen LogP contribution in [-0.2, 0) is 19.0 Å². The number of aromatic hydroxyl groups is 1. The summed E-state index contributed by atoms with van der Waals surface area (Å²) in [6.07, 6.45) is -8.28. The van der Waals surface area contributed by atoms with Gasteiger partial charge in [0, 0.05) is 6.08 Å². The van der Waals surface area contributed by atoms with Gasteiger partial charge in [-0.1, -0.05) is 6.07 Å². The Morgan fingerprint density at radius 1 is 1.16 bits per heavy atom. The maximum Gasteiger partial charge on any atom is 0.330 e. The van der Waals surface area contributed by atoms with Crippen LogP contribution in [0.2, 0.25) is 0 Å². The number of hydrogen-bond acceptors (Lipinski definition) is 12. The van der Waals surface area contributed by atoms with Gasteiger partial charge in [-0.2, -0.15) is 0 Å². The third-order valence-electron chi connectivity index (χ3n) is 4.74. The first-order valence-corrected chi connectivity index (χ1v) is 9.68. The van der Waals surface area contributed by atoms with Crippen molar-refractivity contribution < 1.29 is 59.5 Å². The molecule has 0 aromatic heterocycles. The minimum Gasteiger partial charge on any atom is -0.504 e. The Hall–Kier alpha value is -2.29. The maximum atomic E-state index is 12.0. The highest BCUT2D eigenvalue weighted by atomic mass is 16.7. The lowest BCUT2D eigenvalue weighted by Gasteiger charge is -2.40. The van der Waals surface area contributed by atoms with Crippen LogP contribution in [0, 0.1) is 0 Å². The van der Waals surface area contributed by atoms with Crippen LogP contribution in [0.15, 0.2) is 24.3 Å². The van der Waals surface area contributed by atoms with Crippen LogP contribution in [0.4, 0.5) is 0 Å². The molecule has 2 rings (SSSR count). The van der Waals surface area contributed by atoms with Gasteiger partial charge in [0.2, 0.25) is 0 Å². The number of ether oxygens (including phenoxy) is 4. The first-order valence-electron chi connectivity index (χ1n) is 9.68. The number of benzene rings is 1. The van der Waals surface area contributed by atoms with E-state index in [2.05, 4.69) is 0 Å². The van der Waals surface area contributed by atoms with Crippen LogP contribution in [0.1, 0.15) is 5.56 Å². The molecular formula is C20H28O12. The van der Waals surface area contributed by atoms with Crippen molar-refractivity contribution in [2.45, 2.75) is 42.9 Å². The fraction of sp³-hybridized carbons (Fsp3) is 0.550. The minimum atomic E-state index is -1.70. The van der Waals surface area contributed by atoms with E-state index in [1.807, 2.05) is 0 Å². The van der Waals surface area contributed by atoms with Crippen LogP contribution in [0.5, 0.6) is 11.5 Å². The van der Waals surface area contributed by atoms with Gasteiger partial charge >= 0.3 is 5.97 Å². The van der Waals surface area contributed by atoms with Crippen LogP contribution in [0.3, 0.4) is 0 Å². The number of phenols is 1. The molecule has 0 bridgehead atoms. The average molecular weight is 460 g/mol. The Labute approximate surface area is 183 Å². The number of aliphatic hydroxyl groups excluding tert-OH is 6. The number of phenolic OH excluding ortho intramolecular Hbond substituents is 1. The molecule has 180 valence electrons. The molecule has 12 heteroatoms. The summed E-state index contributed by atoms with van der Waals surface area (Å²) in [5.41, 5.74) is 0.491. The zero-order valence-corrected chi connectivity index (χ0v) is 17.2. The topological polar surface area (TPSA) is 196 Å². The molecule has 0 saturated carbocycles. The molecule has 1 aliphatic rings. The molecule has 1 fully saturated rings. The van der Waals surface area contributed by atoms with E-state index in [9.17, 15) is 35.4 Å². The molecule has 32 heavy (non-hydrogen) atoms. The van der Waals surface area contributed by atoms with E-state index in [0.717, 1.165) is 6.08 Å². The molecule has 7 unspecified atom stereocenters. The molecule has 7 N–H and O–H groups in total. The van der Waals surface area contributed by atoms with E-state index < -0.39 is 68.7 Å². The molecular weight excluding hydrogens is 432 g/mol. The van der Waals surface area contributed by atoms with Crippen LogP contribution in [-0.4, -0.2) is 112 Å². The molecule has 0 spiro atoms. The molecule has 1 saturated heterocycles. The highest BCUT2D eigenvalue weighted by Gasteiger charge is 2.45. The molecule has 1 aromatic carbocycles. The lowest BCUT2D eigenvalue weighted by Crippen LogP contribution is -2.59. The number of carbonyl (C=O) groups is 1. The van der Waals surface area contributed by atoms with Crippen LogP contribution >= 0.6 is 0 Å². The monoisotopic (exact) mass is 460 g/mol. The summed E-state index contributed by atoms with van der Waals surface area (Å²) in [5.74, 6) is -0.656. The Kier molecular flexibility index (Phi) is 9.81. The smallest absolute Gasteiger partial charge is 0.330 e. The first kappa shape index (κ1) is 26.0. The first-order chi connectivity index (χ1) is 15.2. The summed E-state index contributed by atoms with van der Waals surface area (Å²) < 4.78 is 20.4. The lowest BCUT2D eigenvalue weighted by molar-refractivity contribution is -0.306. The predicted molar refractivity (Wildman–Crippen MR) is 106 cm³/mol. The van der Waals surface area contributed by atoms with Gasteiger partial charge in [0.05, 0.1) is 20.3 Å². The van der Waals surface area contributed by atoms with Crippen molar-refractivity contribution in [3.8, 4) is 11.5 Å². The zero-order chi connectivity index (χ0) is 23.8. The predicted octanol–water partition coefficient (Wildman–Crippen LogP) is -2.50. The Morgan fingerprint density at radius 2 is 1.88 bits per heavy atom. The maximum absolute atomic E-state index is 12.0. The zero-order valence-electron chi connectivity index (χ0n) is 17.2. The molecule has 7 atom stereocenters. The standard InChI is InChI=1S/C20H28O12/c1-29-14-4-2-10(6-11(14)22)3-5-16(25)30-9-15-17(26)18(27)19(28)20(32-15)31-8-13(24)12(23)7-21/h2-6,12-13,15,17-24,26-28H,7-9H2,1H3. The molecule has 1 aromatic rings. The summed E-state index contributed by atoms with van der Waals surface area (Å²) in [7, 11) is 1.40. The Morgan fingerprint density at radius 3 is 2.50 bits per heavy atom. The summed E-state index contributed by atoms with van der Waals surface area (Å²) in [4.78, 5) is 12.0. The average Bonchev–Trinajstić information content (AvgIpc) is 2.79. The molecule has 12 nitrogen and oxygen atoms in total. The van der Waals surface area contributed by atoms with E-state index >= 15 is 0 Å². The van der Waals surface area contributed by atoms with Crippen molar-refractivity contribution in [3.05, 3.63) is 29.8 Å². The van der Waals surface area contributed by atoms with Crippen molar-refractivity contribution >= 4 is 12.0 Å². The number of rotatable bonds is 10. The van der Waals surface area contributed by atoms with E-state index in [1.54, 1.807) is 6.07 Å². The van der Waals surface area contributed by atoms with Gasteiger partial charge in [0.25, 0.3) is 0 Å². The van der Waals surface area contributed by atoms with E-state index in [-0.39, 0.29) is 11.5 Å². The van der Waals surface area contributed by atoms with Crippen molar-refractivity contribution in [3.63, 3.8) is 0 Å². The number of aliphatic hydroxyl groups is 6. The largest absolute Gasteiger partial charge is 0.504 e. The number of esters is 1. The summed E-state index contributed by atoms with van der Waals surface area (Å²) in [5, 5.41) is 67.5. The van der Waals surface area contributed by atoms with Crippen molar-refractivity contribution in [1.29, 1.82) is 0 Å². The van der Waals surface area contributed by atoms with Crippen molar-refractivity contribution in [2.24, 2.45) is 0 Å². The molecule has 1 heterocycles. The quantitative estimate of drug-likeness (QED) is 0.143. The molecule has 0 radical (unpaired) electrons. The highest BCUT2D eigenvalue weighted by molar-refractivity contribution is 5.87. The van der Waals surface area contributed by atoms with Gasteiger partial charge in [0.1, 0.15) is 43.2 Å². The van der Waals surface area contributed by atoms with E-state index in [1.165, 1.54) is 25.3 Å². The van der Waals surface area contributed by atoms with Crippen LogP contribution in [0.25, 0.3) is 6.08 Å². The second-order valence-corrected chi connectivity index (χ2v) is 7.06. The van der Waals surface area contributed by atoms with Gasteiger partial charge in [-0.25, -0.2) is 4.79 Å². The summed E-state index contributed by atoms with van der Waals surface area (Å²) in [6, 6.07) is 4.48. The Balaban J connectivity index is 1.91. The van der Waals surface area contributed by atoms with Gasteiger partial charge in [-0.3, -0.25) is 0 Å². The normalized spacial score (nSPS) is 27.8. The molecule has 1 aliphatic heterocycles.